The zero-order valence-electron chi connectivity index (χ0n) is 28.0. The minimum atomic E-state index is -4.63. The minimum Gasteiger partial charge on any atom is -0.744 e. The zero-order chi connectivity index (χ0) is 34.7. The Labute approximate surface area is 283 Å². The van der Waals surface area contributed by atoms with Gasteiger partial charge < -0.3 is 24.4 Å². The summed E-state index contributed by atoms with van der Waals surface area (Å²) >= 11 is 0. The molecule has 0 saturated carbocycles. The zero-order valence-corrected chi connectivity index (χ0v) is 28.8. The number of hydrogen-bond acceptors (Lipinski definition) is 7. The number of aromatic hydroxyl groups is 1. The molecule has 0 spiro atoms. The molecule has 10 heteroatoms. The van der Waals surface area contributed by atoms with Crippen molar-refractivity contribution in [1.29, 1.82) is 0 Å². The number of carboxylic acids is 1. The predicted molar refractivity (Wildman–Crippen MR) is 186 cm³/mol. The van der Waals surface area contributed by atoms with Crippen molar-refractivity contribution < 1.29 is 37.3 Å². The molecule has 5 rings (SSSR count). The fraction of sp³-hybridized carbons (Fsp3) is 0.368. The van der Waals surface area contributed by atoms with Crippen molar-refractivity contribution in [3.8, 4) is 11.5 Å². The number of carbonyl (C=O) groups is 1. The Hall–Kier alpha value is -4.41. The van der Waals surface area contributed by atoms with E-state index in [9.17, 15) is 22.9 Å². The molecule has 9 nitrogen and oxygen atoms in total. The van der Waals surface area contributed by atoms with Gasteiger partial charge in [0.2, 0.25) is 5.69 Å². The number of nitrogens with zero attached hydrogens (tertiary/aromatic N) is 2. The first-order valence-electron chi connectivity index (χ1n) is 16.4. The monoisotopic (exact) mass is 672 g/mol. The molecule has 254 valence electrons. The quantitative estimate of drug-likeness (QED) is 0.106. The van der Waals surface area contributed by atoms with E-state index in [1.807, 2.05) is 19.9 Å². The molecule has 2 aliphatic heterocycles. The summed E-state index contributed by atoms with van der Waals surface area (Å²) in [5.74, 6) is 0.0912. The summed E-state index contributed by atoms with van der Waals surface area (Å²) in [7, 11) is -4.63. The van der Waals surface area contributed by atoms with Crippen LogP contribution in [0.2, 0.25) is 0 Å². The number of para-hydroxylation sites is 1. The third-order valence-electron chi connectivity index (χ3n) is 9.36. The standard InChI is InChI=1S/C38H44N2O7S/c1-37(2)30-12-7-8-13-32(30)40(24-11-25-47-28-19-17-27(41)18-20-28)34(37)14-10-15-35-38(3,4)31-26-29(48(44,45)46)21-22-33(31)39(35)23-9-5-6-16-36(42)43/h7-8,10,12-15,17-22,26H,5-6,9,11,16,23-25H2,1-4H3,(H2-,41,42,43,44,45,46). The van der Waals surface area contributed by atoms with Crippen LogP contribution in [-0.4, -0.2) is 59.1 Å². The molecule has 2 aliphatic rings. The first-order valence-corrected chi connectivity index (χ1v) is 17.8. The number of ether oxygens (including phenoxy) is 1. The van der Waals surface area contributed by atoms with Gasteiger partial charge in [0, 0.05) is 53.9 Å². The average Bonchev–Trinajstić information content (AvgIpc) is 3.38. The third kappa shape index (κ3) is 7.34. The van der Waals surface area contributed by atoms with Crippen molar-refractivity contribution in [3.63, 3.8) is 0 Å². The lowest BCUT2D eigenvalue weighted by Gasteiger charge is -2.27. The summed E-state index contributed by atoms with van der Waals surface area (Å²) < 4.78 is 44.0. The Bertz CT molecular complexity index is 1870. The highest BCUT2D eigenvalue weighted by Crippen LogP contribution is 2.48. The molecule has 0 bridgehead atoms. The molecule has 0 unspecified atom stereocenters. The maximum Gasteiger partial charge on any atom is 0.303 e. The molecule has 3 aromatic rings. The number of aliphatic carboxylic acids is 1. The maximum atomic E-state index is 11.9. The van der Waals surface area contributed by atoms with Crippen molar-refractivity contribution in [2.75, 3.05) is 24.6 Å². The number of fused-ring (bicyclic) bond motifs is 2. The summed E-state index contributed by atoms with van der Waals surface area (Å²) in [4.78, 5) is 12.9. The van der Waals surface area contributed by atoms with E-state index in [1.165, 1.54) is 17.7 Å². The molecule has 2 heterocycles. The second kappa shape index (κ2) is 14.0. The highest BCUT2D eigenvalue weighted by atomic mass is 32.2. The number of anilines is 1. The number of unbranched alkanes of at least 4 members (excludes halogenated alkanes) is 2. The van der Waals surface area contributed by atoms with E-state index in [2.05, 4.69) is 59.8 Å². The molecule has 0 atom stereocenters. The first kappa shape index (κ1) is 34.9. The summed E-state index contributed by atoms with van der Waals surface area (Å²) in [6, 6.07) is 19.7. The molecule has 0 radical (unpaired) electrons. The number of allylic oxidation sites excluding steroid dienone is 4. The number of phenolic OH excluding ortho intramolecular Hbond substituents is 1. The van der Waals surface area contributed by atoms with Gasteiger partial charge in [-0.05, 0) is 80.8 Å². The van der Waals surface area contributed by atoms with Crippen molar-refractivity contribution >= 4 is 33.2 Å². The molecule has 0 fully saturated rings. The molecule has 2 N–H and O–H groups in total. The Kier molecular flexibility index (Phi) is 10.2. The van der Waals surface area contributed by atoms with Crippen LogP contribution in [0.15, 0.2) is 95.6 Å². The molecule has 0 amide bonds. The van der Waals surface area contributed by atoms with Gasteiger partial charge in [0.15, 0.2) is 12.3 Å². The van der Waals surface area contributed by atoms with Gasteiger partial charge in [0.25, 0.3) is 0 Å². The van der Waals surface area contributed by atoms with Crippen LogP contribution in [0, 0.1) is 0 Å². The first-order chi connectivity index (χ1) is 22.7. The van der Waals surface area contributed by atoms with Crippen LogP contribution in [0.25, 0.3) is 0 Å². The normalized spacial score (nSPS) is 17.3. The summed E-state index contributed by atoms with van der Waals surface area (Å²) in [5, 5.41) is 18.6. The van der Waals surface area contributed by atoms with Gasteiger partial charge in [-0.15, -0.1) is 0 Å². The molecule has 48 heavy (non-hydrogen) atoms. The van der Waals surface area contributed by atoms with Gasteiger partial charge in [-0.1, -0.05) is 44.5 Å². The Morgan fingerprint density at radius 1 is 0.938 bits per heavy atom. The van der Waals surface area contributed by atoms with Crippen LogP contribution in [0.1, 0.15) is 70.9 Å². The lowest BCUT2D eigenvalue weighted by atomic mass is 9.81. The molecule has 0 aliphatic carbocycles. The van der Waals surface area contributed by atoms with E-state index in [0.29, 0.717) is 25.3 Å². The largest absolute Gasteiger partial charge is 0.744 e. The van der Waals surface area contributed by atoms with E-state index in [1.54, 1.807) is 30.3 Å². The van der Waals surface area contributed by atoms with E-state index < -0.39 is 21.5 Å². The fourth-order valence-electron chi connectivity index (χ4n) is 6.84. The fourth-order valence-corrected chi connectivity index (χ4v) is 7.34. The van der Waals surface area contributed by atoms with Crippen molar-refractivity contribution in [2.45, 2.75) is 75.5 Å². The Morgan fingerprint density at radius 2 is 1.67 bits per heavy atom. The van der Waals surface area contributed by atoms with E-state index in [4.69, 9.17) is 9.84 Å². The number of rotatable bonds is 14. The van der Waals surface area contributed by atoms with Crippen molar-refractivity contribution in [2.24, 2.45) is 0 Å². The number of hydrogen-bond donors (Lipinski definition) is 2. The summed E-state index contributed by atoms with van der Waals surface area (Å²) in [6.07, 6.45) is 9.23. The predicted octanol–water partition coefficient (Wildman–Crippen LogP) is 7.02. The van der Waals surface area contributed by atoms with Crippen LogP contribution in [-0.2, 0) is 25.7 Å². The molecule has 3 aromatic carbocycles. The number of carboxylic acid groups (broad SMARTS) is 1. The molecular weight excluding hydrogens is 628 g/mol. The van der Waals surface area contributed by atoms with Gasteiger partial charge in [0.1, 0.15) is 21.6 Å². The molecule has 0 saturated heterocycles. The van der Waals surface area contributed by atoms with E-state index >= 15 is 0 Å². The van der Waals surface area contributed by atoms with E-state index in [-0.39, 0.29) is 22.5 Å². The summed E-state index contributed by atoms with van der Waals surface area (Å²) in [6.45, 7) is 10.4. The molecular formula is C38H44N2O7S. The van der Waals surface area contributed by atoms with Gasteiger partial charge in [-0.2, -0.15) is 4.58 Å². The molecule has 0 aromatic heterocycles. The number of benzene rings is 3. The van der Waals surface area contributed by atoms with Crippen LogP contribution in [0.5, 0.6) is 11.5 Å². The second-order valence-corrected chi connectivity index (χ2v) is 14.8. The van der Waals surface area contributed by atoms with E-state index in [0.717, 1.165) is 54.2 Å². The van der Waals surface area contributed by atoms with Crippen molar-refractivity contribution in [1.82, 2.24) is 0 Å². The average molecular weight is 673 g/mol. The minimum absolute atomic E-state index is 0.119. The van der Waals surface area contributed by atoms with Crippen LogP contribution < -0.4 is 9.64 Å². The Balaban J connectivity index is 1.45. The van der Waals surface area contributed by atoms with Crippen LogP contribution in [0.3, 0.4) is 0 Å². The summed E-state index contributed by atoms with van der Waals surface area (Å²) in [5.41, 5.74) is 5.25. The van der Waals surface area contributed by atoms with Crippen molar-refractivity contribution in [3.05, 3.63) is 102 Å². The lowest BCUT2D eigenvalue weighted by molar-refractivity contribution is -0.438. The van der Waals surface area contributed by atoms with Gasteiger partial charge in [-0.3, -0.25) is 4.79 Å². The maximum absolute atomic E-state index is 11.9. The number of phenols is 1. The second-order valence-electron chi connectivity index (χ2n) is 13.4. The SMILES string of the molecule is CC1(C)C(/C=C/C=C2/N(CCCCCC(=O)O)c3ccc(S(=O)(=O)[O-])cc3C2(C)C)=[N+](CCCOc2ccc(O)cc2)c2ccccc21. The van der Waals surface area contributed by atoms with Gasteiger partial charge in [-0.25, -0.2) is 8.42 Å². The highest BCUT2D eigenvalue weighted by molar-refractivity contribution is 7.85. The van der Waals surface area contributed by atoms with Gasteiger partial charge >= 0.3 is 5.97 Å². The highest BCUT2D eigenvalue weighted by Gasteiger charge is 2.44. The topological polar surface area (TPSA) is 130 Å². The lowest BCUT2D eigenvalue weighted by Crippen LogP contribution is -2.28. The van der Waals surface area contributed by atoms with Crippen LogP contribution >= 0.6 is 0 Å². The Morgan fingerprint density at radius 3 is 2.38 bits per heavy atom. The smallest absolute Gasteiger partial charge is 0.303 e. The van der Waals surface area contributed by atoms with Crippen LogP contribution in [0.4, 0.5) is 11.4 Å². The third-order valence-corrected chi connectivity index (χ3v) is 10.2. The van der Waals surface area contributed by atoms with Gasteiger partial charge in [0.05, 0.1) is 16.9 Å².